The molecule has 0 aromatic carbocycles. The minimum atomic E-state index is 0.0483. The minimum Gasteiger partial charge on any atom is -0.344 e. The molecule has 2 heterocycles. The summed E-state index contributed by atoms with van der Waals surface area (Å²) in [5, 5.41) is 1.08. The van der Waals surface area contributed by atoms with E-state index in [2.05, 4.69) is 16.9 Å². The Hall–Kier alpha value is -0.940. The maximum atomic E-state index is 11.8. The first-order valence-electron chi connectivity index (χ1n) is 5.97. The van der Waals surface area contributed by atoms with Gasteiger partial charge in [0.2, 0.25) is 0 Å². The topological polar surface area (TPSA) is 36.4 Å². The van der Waals surface area contributed by atoms with Gasteiger partial charge in [-0.15, -0.1) is 11.3 Å². The van der Waals surface area contributed by atoms with Crippen LogP contribution in [0.2, 0.25) is 0 Å². The lowest BCUT2D eigenvalue weighted by molar-refractivity contribution is 0.0832. The zero-order valence-corrected chi connectivity index (χ0v) is 11.5. The molecule has 1 fully saturated rings. The lowest BCUT2D eigenvalue weighted by Crippen LogP contribution is -2.29. The summed E-state index contributed by atoms with van der Waals surface area (Å²) in [5.41, 5.74) is 0. The number of rotatable bonds is 2. The van der Waals surface area contributed by atoms with Crippen LogP contribution in [0.1, 0.15) is 40.0 Å². The highest BCUT2D eigenvalue weighted by Gasteiger charge is 2.24. The molecule has 17 heavy (non-hydrogen) atoms. The molecule has 0 bridgehead atoms. The van der Waals surface area contributed by atoms with Crippen molar-refractivity contribution in [3.63, 3.8) is 0 Å². The van der Waals surface area contributed by atoms with Crippen LogP contribution in [-0.2, 0) is 0 Å². The third kappa shape index (κ3) is 2.66. The molecule has 0 unspecified atom stereocenters. The molecule has 0 spiro atoms. The highest BCUT2D eigenvalue weighted by Crippen LogP contribution is 2.32. The number of aromatic nitrogens is 1. The van der Waals surface area contributed by atoms with Crippen LogP contribution < -0.4 is 0 Å². The fourth-order valence-corrected chi connectivity index (χ4v) is 3.29. The van der Waals surface area contributed by atoms with Gasteiger partial charge in [-0.3, -0.25) is 9.69 Å². The molecule has 1 aliphatic heterocycles. The highest BCUT2D eigenvalue weighted by molar-refractivity contribution is 7.13. The number of carbonyl (C=O) groups is 1. The van der Waals surface area contributed by atoms with E-state index < -0.39 is 0 Å². The molecule has 1 amide bonds. The van der Waals surface area contributed by atoms with Gasteiger partial charge in [0.25, 0.3) is 5.91 Å². The van der Waals surface area contributed by atoms with Gasteiger partial charge in [0.1, 0.15) is 9.88 Å². The van der Waals surface area contributed by atoms with Gasteiger partial charge in [0.15, 0.2) is 0 Å². The van der Waals surface area contributed by atoms with Crippen LogP contribution in [0.15, 0.2) is 6.20 Å². The summed E-state index contributed by atoms with van der Waals surface area (Å²) in [7, 11) is 5.68. The lowest BCUT2D eigenvalue weighted by atomic mass is 10.0. The van der Waals surface area contributed by atoms with Gasteiger partial charge in [-0.2, -0.15) is 0 Å². The molecule has 5 heteroatoms. The Kier molecular flexibility index (Phi) is 3.79. The number of thiazole rings is 1. The number of carbonyl (C=O) groups excluding carboxylic acids is 1. The summed E-state index contributed by atoms with van der Waals surface area (Å²) in [6, 6.07) is 0.400. The average molecular weight is 253 g/mol. The Morgan fingerprint density at radius 1 is 1.53 bits per heavy atom. The molecule has 0 aliphatic carbocycles. The minimum absolute atomic E-state index is 0.0483. The van der Waals surface area contributed by atoms with Crippen molar-refractivity contribution in [3.05, 3.63) is 16.1 Å². The maximum absolute atomic E-state index is 11.8. The van der Waals surface area contributed by atoms with Crippen LogP contribution in [0.25, 0.3) is 0 Å². The second-order valence-corrected chi connectivity index (χ2v) is 5.82. The van der Waals surface area contributed by atoms with Crippen molar-refractivity contribution in [2.75, 3.05) is 27.7 Å². The fraction of sp³-hybridized carbons (Fsp3) is 0.667. The van der Waals surface area contributed by atoms with Crippen LogP contribution in [0, 0.1) is 0 Å². The van der Waals surface area contributed by atoms with Crippen molar-refractivity contribution in [3.8, 4) is 0 Å². The molecule has 94 valence electrons. The summed E-state index contributed by atoms with van der Waals surface area (Å²) >= 11 is 1.54. The molecule has 1 aromatic heterocycles. The monoisotopic (exact) mass is 253 g/mol. The van der Waals surface area contributed by atoms with E-state index in [0.717, 1.165) is 22.9 Å². The second-order valence-electron chi connectivity index (χ2n) is 4.75. The summed E-state index contributed by atoms with van der Waals surface area (Å²) in [6.45, 7) is 1.13. The van der Waals surface area contributed by atoms with Crippen molar-refractivity contribution in [2.45, 2.75) is 25.3 Å². The molecule has 2 rings (SSSR count). The zero-order chi connectivity index (χ0) is 12.4. The van der Waals surface area contributed by atoms with Gasteiger partial charge in [-0.05, 0) is 26.4 Å². The Morgan fingerprint density at radius 2 is 2.29 bits per heavy atom. The van der Waals surface area contributed by atoms with Crippen molar-refractivity contribution in [1.82, 2.24) is 14.8 Å². The summed E-state index contributed by atoms with van der Waals surface area (Å²) < 4.78 is 0. The molecule has 1 saturated heterocycles. The Labute approximate surface area is 106 Å². The van der Waals surface area contributed by atoms with E-state index in [-0.39, 0.29) is 5.91 Å². The summed E-state index contributed by atoms with van der Waals surface area (Å²) in [6.07, 6.45) is 5.39. The van der Waals surface area contributed by atoms with Crippen LogP contribution in [0.4, 0.5) is 0 Å². The third-order valence-corrected chi connectivity index (χ3v) is 4.28. The van der Waals surface area contributed by atoms with Gasteiger partial charge >= 0.3 is 0 Å². The van der Waals surface area contributed by atoms with Crippen LogP contribution in [0.5, 0.6) is 0 Å². The Bertz CT molecular complexity index is 402. The van der Waals surface area contributed by atoms with E-state index in [0.29, 0.717) is 6.04 Å². The van der Waals surface area contributed by atoms with Crippen LogP contribution >= 0.6 is 11.3 Å². The van der Waals surface area contributed by atoms with Gasteiger partial charge in [-0.1, -0.05) is 6.42 Å². The van der Waals surface area contributed by atoms with Crippen molar-refractivity contribution in [2.24, 2.45) is 0 Å². The normalized spacial score (nSPS) is 21.5. The van der Waals surface area contributed by atoms with E-state index >= 15 is 0 Å². The summed E-state index contributed by atoms with van der Waals surface area (Å²) in [4.78, 5) is 20.9. The first-order chi connectivity index (χ1) is 8.09. The Morgan fingerprint density at radius 3 is 2.94 bits per heavy atom. The number of hydrogen-bond acceptors (Lipinski definition) is 4. The predicted octanol–water partition coefficient (Wildman–Crippen LogP) is 2.00. The number of nitrogens with zero attached hydrogens (tertiary/aromatic N) is 3. The standard InChI is InChI=1S/C12H19N3OS/c1-14(2)12(16)10-8-13-11(17-10)9-6-4-5-7-15(9)3/h8-9H,4-7H2,1-3H3/t9-/m1/s1. The third-order valence-electron chi connectivity index (χ3n) is 3.20. The molecule has 1 aromatic rings. The molecule has 1 atom stereocenters. The first-order valence-corrected chi connectivity index (χ1v) is 6.79. The molecule has 0 saturated carbocycles. The number of amides is 1. The van der Waals surface area contributed by atoms with Crippen LogP contribution in [0.3, 0.4) is 0 Å². The maximum Gasteiger partial charge on any atom is 0.265 e. The molecule has 0 radical (unpaired) electrons. The predicted molar refractivity (Wildman–Crippen MR) is 69.4 cm³/mol. The number of likely N-dealkylation sites (tertiary alicyclic amines) is 1. The smallest absolute Gasteiger partial charge is 0.265 e. The number of piperidine rings is 1. The number of hydrogen-bond donors (Lipinski definition) is 0. The van der Waals surface area contributed by atoms with Gasteiger partial charge in [0.05, 0.1) is 12.2 Å². The molecule has 4 nitrogen and oxygen atoms in total. The van der Waals surface area contributed by atoms with E-state index in [9.17, 15) is 4.79 Å². The quantitative estimate of drug-likeness (QED) is 0.809. The zero-order valence-electron chi connectivity index (χ0n) is 10.6. The van der Waals surface area contributed by atoms with Gasteiger partial charge in [-0.25, -0.2) is 4.98 Å². The molecule has 0 N–H and O–H groups in total. The van der Waals surface area contributed by atoms with Gasteiger partial charge in [0, 0.05) is 14.1 Å². The SMILES string of the molecule is CN(C)C(=O)c1cnc([C@H]2CCCCN2C)s1. The molecule has 1 aliphatic rings. The largest absolute Gasteiger partial charge is 0.344 e. The Balaban J connectivity index is 2.14. The second kappa shape index (κ2) is 5.14. The lowest BCUT2D eigenvalue weighted by Gasteiger charge is -2.30. The van der Waals surface area contributed by atoms with E-state index in [1.807, 2.05) is 0 Å². The van der Waals surface area contributed by atoms with E-state index in [1.165, 1.54) is 24.2 Å². The highest BCUT2D eigenvalue weighted by atomic mass is 32.1. The van der Waals surface area contributed by atoms with Crippen LogP contribution in [-0.4, -0.2) is 48.4 Å². The van der Waals surface area contributed by atoms with E-state index in [4.69, 9.17) is 0 Å². The fourth-order valence-electron chi connectivity index (χ4n) is 2.15. The first kappa shape index (κ1) is 12.5. The van der Waals surface area contributed by atoms with Crippen molar-refractivity contribution >= 4 is 17.2 Å². The van der Waals surface area contributed by atoms with Crippen molar-refractivity contribution in [1.29, 1.82) is 0 Å². The van der Waals surface area contributed by atoms with Gasteiger partial charge < -0.3 is 4.90 Å². The molecular weight excluding hydrogens is 234 g/mol. The summed E-state index contributed by atoms with van der Waals surface area (Å²) in [5.74, 6) is 0.0483. The average Bonchev–Trinajstić information content (AvgIpc) is 2.77. The van der Waals surface area contributed by atoms with Crippen molar-refractivity contribution < 1.29 is 4.79 Å². The molecular formula is C12H19N3OS. The van der Waals surface area contributed by atoms with E-state index in [1.54, 1.807) is 25.2 Å².